The van der Waals surface area contributed by atoms with E-state index in [1.54, 1.807) is 6.92 Å². The van der Waals surface area contributed by atoms with Crippen molar-refractivity contribution in [2.24, 2.45) is 5.92 Å². The van der Waals surface area contributed by atoms with Gasteiger partial charge >= 0.3 is 5.97 Å². The van der Waals surface area contributed by atoms with Gasteiger partial charge in [0.15, 0.2) is 0 Å². The van der Waals surface area contributed by atoms with Crippen LogP contribution >= 0.6 is 12.4 Å². The molecule has 1 aliphatic rings. The van der Waals surface area contributed by atoms with Crippen molar-refractivity contribution in [1.29, 1.82) is 0 Å². The molecule has 1 fully saturated rings. The lowest BCUT2D eigenvalue weighted by Gasteiger charge is -2.20. The average molecular weight is 236 g/mol. The van der Waals surface area contributed by atoms with E-state index in [0.717, 1.165) is 6.54 Å². The lowest BCUT2D eigenvalue weighted by molar-refractivity contribution is -0.143. The van der Waals surface area contributed by atoms with E-state index in [-0.39, 0.29) is 30.1 Å². The van der Waals surface area contributed by atoms with Crippen molar-refractivity contribution in [3.05, 3.63) is 0 Å². The van der Waals surface area contributed by atoms with Gasteiger partial charge in [0, 0.05) is 31.8 Å². The number of carbonyl (C=O) groups is 2. The highest BCUT2D eigenvalue weighted by Gasteiger charge is 2.22. The average Bonchev–Trinajstić information content (AvgIpc) is 2.17. The molecule has 0 aromatic rings. The zero-order valence-electron chi connectivity index (χ0n) is 8.95. The van der Waals surface area contributed by atoms with Gasteiger partial charge in [-0.1, -0.05) is 0 Å². The van der Waals surface area contributed by atoms with E-state index in [1.165, 1.54) is 0 Å². The van der Waals surface area contributed by atoms with Gasteiger partial charge < -0.3 is 10.1 Å². The molecule has 1 aliphatic heterocycles. The number of ketones is 1. The summed E-state index contributed by atoms with van der Waals surface area (Å²) in [6, 6.07) is 0. The Hall–Kier alpha value is -0.610. The number of piperidine rings is 1. The Bertz CT molecular complexity index is 221. The molecule has 88 valence electrons. The van der Waals surface area contributed by atoms with Gasteiger partial charge in [0.1, 0.15) is 5.78 Å². The first-order valence-electron chi connectivity index (χ1n) is 5.13. The summed E-state index contributed by atoms with van der Waals surface area (Å²) in [5.41, 5.74) is 0. The highest BCUT2D eigenvalue weighted by atomic mass is 35.5. The topological polar surface area (TPSA) is 55.4 Å². The van der Waals surface area contributed by atoms with E-state index in [9.17, 15) is 9.59 Å². The van der Waals surface area contributed by atoms with Crippen molar-refractivity contribution in [3.8, 4) is 0 Å². The predicted molar refractivity (Wildman–Crippen MR) is 59.1 cm³/mol. The second-order valence-electron chi connectivity index (χ2n) is 3.46. The molecule has 0 aromatic carbocycles. The van der Waals surface area contributed by atoms with E-state index < -0.39 is 0 Å². The summed E-state index contributed by atoms with van der Waals surface area (Å²) < 4.78 is 4.80. The highest BCUT2D eigenvalue weighted by molar-refractivity contribution is 5.85. The second kappa shape index (κ2) is 7.65. The minimum absolute atomic E-state index is 0. The van der Waals surface area contributed by atoms with Gasteiger partial charge in [-0.3, -0.25) is 9.59 Å². The highest BCUT2D eigenvalue weighted by Crippen LogP contribution is 2.12. The Labute approximate surface area is 96.2 Å². The van der Waals surface area contributed by atoms with Crippen LogP contribution in [-0.2, 0) is 14.3 Å². The molecular formula is C10H18ClNO3. The van der Waals surface area contributed by atoms with Crippen molar-refractivity contribution in [3.63, 3.8) is 0 Å². The van der Waals surface area contributed by atoms with Gasteiger partial charge in [0.05, 0.1) is 6.61 Å². The molecular weight excluding hydrogens is 218 g/mol. The van der Waals surface area contributed by atoms with Crippen molar-refractivity contribution in [2.45, 2.75) is 26.2 Å². The fraction of sp³-hybridized carbons (Fsp3) is 0.800. The third-order valence-corrected chi connectivity index (χ3v) is 2.40. The smallest absolute Gasteiger partial charge is 0.305 e. The molecule has 0 aliphatic carbocycles. The maximum absolute atomic E-state index is 11.4. The predicted octanol–water partition coefficient (Wildman–Crippen LogP) is 0.930. The summed E-state index contributed by atoms with van der Waals surface area (Å²) >= 11 is 0. The zero-order valence-corrected chi connectivity index (χ0v) is 9.77. The first-order chi connectivity index (χ1) is 6.74. The van der Waals surface area contributed by atoms with Crippen molar-refractivity contribution in [1.82, 2.24) is 5.32 Å². The Morgan fingerprint density at radius 2 is 2.33 bits per heavy atom. The molecule has 0 amide bonds. The summed E-state index contributed by atoms with van der Waals surface area (Å²) in [7, 11) is 0. The molecule has 1 atom stereocenters. The van der Waals surface area contributed by atoms with Crippen LogP contribution in [0.4, 0.5) is 0 Å². The Kier molecular flexibility index (Phi) is 7.34. The van der Waals surface area contributed by atoms with Crippen LogP contribution in [0.2, 0.25) is 0 Å². The van der Waals surface area contributed by atoms with Crippen molar-refractivity contribution < 1.29 is 14.3 Å². The number of ether oxygens (including phenoxy) is 1. The second-order valence-corrected chi connectivity index (χ2v) is 3.46. The molecule has 0 spiro atoms. The van der Waals surface area contributed by atoms with E-state index in [1.807, 2.05) is 0 Å². The number of carbonyl (C=O) groups excluding carboxylic acids is 2. The van der Waals surface area contributed by atoms with Crippen LogP contribution in [0.1, 0.15) is 26.2 Å². The van der Waals surface area contributed by atoms with Crippen LogP contribution < -0.4 is 5.32 Å². The summed E-state index contributed by atoms with van der Waals surface area (Å²) in [5, 5.41) is 3.15. The van der Waals surface area contributed by atoms with Crippen LogP contribution in [0, 0.1) is 5.92 Å². The molecule has 1 heterocycles. The van der Waals surface area contributed by atoms with Crippen molar-refractivity contribution in [2.75, 3.05) is 19.7 Å². The van der Waals surface area contributed by atoms with Gasteiger partial charge in [-0.25, -0.2) is 0 Å². The third-order valence-electron chi connectivity index (χ3n) is 2.40. The zero-order chi connectivity index (χ0) is 10.4. The molecule has 1 saturated heterocycles. The standard InChI is InChI=1S/C10H17NO3.ClH/c1-2-14-10(13)4-3-8-7-11-6-5-9(8)12;/h8,11H,2-7H2,1H3;1H. The molecule has 15 heavy (non-hydrogen) atoms. The van der Waals surface area contributed by atoms with Gasteiger partial charge in [-0.2, -0.15) is 0 Å². The summed E-state index contributed by atoms with van der Waals surface area (Å²) in [5.74, 6) is 0.0760. The SMILES string of the molecule is CCOC(=O)CCC1CNCCC1=O.Cl. The maximum atomic E-state index is 11.4. The summed E-state index contributed by atoms with van der Waals surface area (Å²) in [6.07, 6.45) is 1.56. The normalized spacial score (nSPS) is 20.6. The minimum Gasteiger partial charge on any atom is -0.466 e. The quantitative estimate of drug-likeness (QED) is 0.737. The molecule has 5 heteroatoms. The number of Topliss-reactive ketones (excluding diaryl/α,β-unsaturated/α-hetero) is 1. The Morgan fingerprint density at radius 1 is 1.60 bits per heavy atom. The Balaban J connectivity index is 0.00000196. The van der Waals surface area contributed by atoms with Crippen LogP contribution in [0.15, 0.2) is 0 Å². The number of halogens is 1. The lowest BCUT2D eigenvalue weighted by Crippen LogP contribution is -2.37. The lowest BCUT2D eigenvalue weighted by atomic mass is 9.93. The van der Waals surface area contributed by atoms with E-state index in [0.29, 0.717) is 32.4 Å². The van der Waals surface area contributed by atoms with Crippen LogP contribution in [0.3, 0.4) is 0 Å². The third kappa shape index (κ3) is 5.14. The molecule has 0 aromatic heterocycles. The molecule has 0 radical (unpaired) electrons. The van der Waals surface area contributed by atoms with Crippen LogP contribution in [-0.4, -0.2) is 31.4 Å². The molecule has 1 unspecified atom stereocenters. The first-order valence-corrected chi connectivity index (χ1v) is 5.13. The monoisotopic (exact) mass is 235 g/mol. The number of esters is 1. The summed E-state index contributed by atoms with van der Waals surface area (Å²) in [4.78, 5) is 22.4. The molecule has 1 rings (SSSR count). The van der Waals surface area contributed by atoms with Crippen LogP contribution in [0.25, 0.3) is 0 Å². The fourth-order valence-corrected chi connectivity index (χ4v) is 1.59. The van der Waals surface area contributed by atoms with Gasteiger partial charge in [0.25, 0.3) is 0 Å². The van der Waals surface area contributed by atoms with E-state index in [2.05, 4.69) is 5.32 Å². The number of hydrogen-bond acceptors (Lipinski definition) is 4. The molecule has 0 bridgehead atoms. The molecule has 0 saturated carbocycles. The first kappa shape index (κ1) is 14.4. The van der Waals surface area contributed by atoms with Gasteiger partial charge in [-0.15, -0.1) is 12.4 Å². The molecule has 4 nitrogen and oxygen atoms in total. The van der Waals surface area contributed by atoms with E-state index >= 15 is 0 Å². The van der Waals surface area contributed by atoms with Gasteiger partial charge in [-0.05, 0) is 13.3 Å². The Morgan fingerprint density at radius 3 is 2.93 bits per heavy atom. The van der Waals surface area contributed by atoms with E-state index in [4.69, 9.17) is 4.74 Å². The minimum atomic E-state index is -0.203. The molecule has 1 N–H and O–H groups in total. The fourth-order valence-electron chi connectivity index (χ4n) is 1.59. The largest absolute Gasteiger partial charge is 0.466 e. The number of rotatable bonds is 4. The number of hydrogen-bond donors (Lipinski definition) is 1. The van der Waals surface area contributed by atoms with Crippen molar-refractivity contribution >= 4 is 24.2 Å². The van der Waals surface area contributed by atoms with Gasteiger partial charge in [0.2, 0.25) is 0 Å². The number of nitrogens with one attached hydrogen (secondary N) is 1. The maximum Gasteiger partial charge on any atom is 0.305 e. The van der Waals surface area contributed by atoms with Crippen LogP contribution in [0.5, 0.6) is 0 Å². The summed E-state index contributed by atoms with van der Waals surface area (Å²) in [6.45, 7) is 3.67.